The van der Waals surface area contributed by atoms with Crippen molar-refractivity contribution >= 4 is 0 Å². The first-order valence-corrected chi connectivity index (χ1v) is 9.10. The predicted molar refractivity (Wildman–Crippen MR) is 82.2 cm³/mol. The molecular weight excluding hydrogens is 230 g/mol. The maximum atomic E-state index is 3.97. The Morgan fingerprint density at radius 3 is 2.26 bits per heavy atom. The van der Waals surface area contributed by atoms with Gasteiger partial charge in [-0.05, 0) is 75.2 Å². The minimum absolute atomic E-state index is 0.849. The van der Waals surface area contributed by atoms with Crippen LogP contribution in [0, 0.1) is 23.7 Å². The first kappa shape index (κ1) is 13.9. The molecule has 3 fully saturated rings. The summed E-state index contributed by atoms with van der Waals surface area (Å²) in [6, 6.07) is 0.849. The average Bonchev–Trinajstić information content (AvgIpc) is 3.28. The van der Waals surface area contributed by atoms with Crippen molar-refractivity contribution in [2.45, 2.75) is 83.6 Å². The lowest BCUT2D eigenvalue weighted by molar-refractivity contribution is 0.338. The molecule has 0 heterocycles. The van der Waals surface area contributed by atoms with Gasteiger partial charge in [-0.1, -0.05) is 32.6 Å². The van der Waals surface area contributed by atoms with Crippen LogP contribution in [0.5, 0.6) is 0 Å². The molecule has 19 heavy (non-hydrogen) atoms. The molecule has 1 N–H and O–H groups in total. The van der Waals surface area contributed by atoms with E-state index >= 15 is 0 Å². The smallest absolute Gasteiger partial charge is 0.00672 e. The van der Waals surface area contributed by atoms with Crippen LogP contribution in [0.3, 0.4) is 0 Å². The Morgan fingerprint density at radius 1 is 0.895 bits per heavy atom. The van der Waals surface area contributed by atoms with E-state index in [1.807, 2.05) is 0 Å². The molecule has 1 nitrogen and oxygen atoms in total. The molecule has 2 atom stereocenters. The summed E-state index contributed by atoms with van der Waals surface area (Å²) in [7, 11) is 0. The van der Waals surface area contributed by atoms with Crippen molar-refractivity contribution in [1.29, 1.82) is 0 Å². The Kier molecular flexibility index (Phi) is 4.84. The maximum absolute atomic E-state index is 3.97. The van der Waals surface area contributed by atoms with E-state index in [0.29, 0.717) is 0 Å². The Balaban J connectivity index is 1.39. The van der Waals surface area contributed by atoms with Gasteiger partial charge in [0.2, 0.25) is 0 Å². The molecule has 0 amide bonds. The average molecular weight is 263 g/mol. The molecule has 0 aliphatic heterocycles. The normalized spacial score (nSPS) is 32.5. The van der Waals surface area contributed by atoms with Crippen molar-refractivity contribution in [3.05, 3.63) is 0 Å². The molecule has 3 aliphatic carbocycles. The van der Waals surface area contributed by atoms with Gasteiger partial charge in [-0.15, -0.1) is 0 Å². The molecule has 0 aromatic heterocycles. The summed E-state index contributed by atoms with van der Waals surface area (Å²) in [6.07, 6.45) is 16.3. The number of rotatable bonds is 7. The zero-order valence-electron chi connectivity index (χ0n) is 12.9. The lowest BCUT2D eigenvalue weighted by atomic mass is 9.95. The summed E-state index contributed by atoms with van der Waals surface area (Å²) >= 11 is 0. The largest absolute Gasteiger partial charge is 0.314 e. The molecule has 0 aromatic carbocycles. The first-order chi connectivity index (χ1) is 9.36. The van der Waals surface area contributed by atoms with Crippen LogP contribution < -0.4 is 5.32 Å². The van der Waals surface area contributed by atoms with Gasteiger partial charge in [0.05, 0.1) is 0 Å². The highest BCUT2D eigenvalue weighted by molar-refractivity contribution is 4.93. The Morgan fingerprint density at radius 2 is 1.63 bits per heavy atom. The van der Waals surface area contributed by atoms with Crippen molar-refractivity contribution in [1.82, 2.24) is 5.32 Å². The first-order valence-electron chi connectivity index (χ1n) is 9.10. The number of hydrogen-bond donors (Lipinski definition) is 1. The quantitative estimate of drug-likeness (QED) is 0.653. The molecule has 3 saturated carbocycles. The fraction of sp³-hybridized carbons (Fsp3) is 1.00. The molecule has 1 heteroatoms. The molecule has 3 aliphatic rings. The second-order valence-corrected chi connectivity index (χ2v) is 7.61. The van der Waals surface area contributed by atoms with Crippen LogP contribution in [-0.4, -0.2) is 12.6 Å². The van der Waals surface area contributed by atoms with E-state index in [0.717, 1.165) is 29.7 Å². The van der Waals surface area contributed by atoms with Crippen LogP contribution >= 0.6 is 0 Å². The van der Waals surface area contributed by atoms with E-state index in [2.05, 4.69) is 12.2 Å². The standard InChI is InChI=1S/C18H33N/c1-2-4-14-5-3-6-17(12-7-14)19-13-18(15-8-9-15)16-10-11-16/h14-19H,2-13H2,1H3. The SMILES string of the molecule is CCCC1CCCC(NCC(C2CC2)C2CC2)CC1. The summed E-state index contributed by atoms with van der Waals surface area (Å²) in [4.78, 5) is 0. The van der Waals surface area contributed by atoms with E-state index in [1.165, 1.54) is 77.2 Å². The van der Waals surface area contributed by atoms with E-state index in [4.69, 9.17) is 0 Å². The maximum Gasteiger partial charge on any atom is 0.00672 e. The third-order valence-electron chi connectivity index (χ3n) is 5.88. The van der Waals surface area contributed by atoms with Gasteiger partial charge >= 0.3 is 0 Å². The van der Waals surface area contributed by atoms with Gasteiger partial charge in [-0.2, -0.15) is 0 Å². The van der Waals surface area contributed by atoms with Crippen LogP contribution in [-0.2, 0) is 0 Å². The molecule has 0 bridgehead atoms. The zero-order chi connectivity index (χ0) is 13.1. The van der Waals surface area contributed by atoms with E-state index in [-0.39, 0.29) is 0 Å². The minimum Gasteiger partial charge on any atom is -0.314 e. The van der Waals surface area contributed by atoms with Gasteiger partial charge in [-0.3, -0.25) is 0 Å². The Labute approximate surface area is 119 Å². The molecule has 0 saturated heterocycles. The number of nitrogens with one attached hydrogen (secondary N) is 1. The summed E-state index contributed by atoms with van der Waals surface area (Å²) in [5.41, 5.74) is 0. The summed E-state index contributed by atoms with van der Waals surface area (Å²) < 4.78 is 0. The summed E-state index contributed by atoms with van der Waals surface area (Å²) in [5.74, 6) is 4.31. The topological polar surface area (TPSA) is 12.0 Å². The molecule has 0 radical (unpaired) electrons. The lowest BCUT2D eigenvalue weighted by Gasteiger charge is -2.22. The predicted octanol–water partition coefficient (Wildman–Crippen LogP) is 4.76. The fourth-order valence-corrected chi connectivity index (χ4v) is 4.35. The van der Waals surface area contributed by atoms with Crippen molar-refractivity contribution < 1.29 is 0 Å². The van der Waals surface area contributed by atoms with Gasteiger partial charge < -0.3 is 5.32 Å². The van der Waals surface area contributed by atoms with Gasteiger partial charge in [0.1, 0.15) is 0 Å². The highest BCUT2D eigenvalue weighted by Crippen LogP contribution is 2.48. The summed E-state index contributed by atoms with van der Waals surface area (Å²) in [6.45, 7) is 3.69. The van der Waals surface area contributed by atoms with Gasteiger partial charge in [0.15, 0.2) is 0 Å². The molecule has 3 rings (SSSR count). The monoisotopic (exact) mass is 263 g/mol. The van der Waals surface area contributed by atoms with Crippen molar-refractivity contribution in [3.63, 3.8) is 0 Å². The van der Waals surface area contributed by atoms with Crippen LogP contribution in [0.1, 0.15) is 77.6 Å². The van der Waals surface area contributed by atoms with Crippen LogP contribution in [0.2, 0.25) is 0 Å². The van der Waals surface area contributed by atoms with E-state index < -0.39 is 0 Å². The van der Waals surface area contributed by atoms with Gasteiger partial charge in [0, 0.05) is 6.04 Å². The lowest BCUT2D eigenvalue weighted by Crippen LogP contribution is -2.34. The second-order valence-electron chi connectivity index (χ2n) is 7.61. The summed E-state index contributed by atoms with van der Waals surface area (Å²) in [5, 5.41) is 3.97. The number of hydrogen-bond acceptors (Lipinski definition) is 1. The molecular formula is C18H33N. The fourth-order valence-electron chi connectivity index (χ4n) is 4.35. The Bertz CT molecular complexity index is 255. The van der Waals surface area contributed by atoms with E-state index in [1.54, 1.807) is 0 Å². The van der Waals surface area contributed by atoms with Gasteiger partial charge in [0.25, 0.3) is 0 Å². The van der Waals surface area contributed by atoms with Crippen molar-refractivity contribution in [2.75, 3.05) is 6.54 Å². The second kappa shape index (κ2) is 6.61. The molecule has 2 unspecified atom stereocenters. The van der Waals surface area contributed by atoms with E-state index in [9.17, 15) is 0 Å². The van der Waals surface area contributed by atoms with Crippen molar-refractivity contribution in [2.24, 2.45) is 23.7 Å². The van der Waals surface area contributed by atoms with Crippen molar-refractivity contribution in [3.8, 4) is 0 Å². The highest BCUT2D eigenvalue weighted by atomic mass is 14.9. The Hall–Kier alpha value is -0.0400. The third-order valence-corrected chi connectivity index (χ3v) is 5.88. The van der Waals surface area contributed by atoms with Crippen LogP contribution in [0.4, 0.5) is 0 Å². The molecule has 110 valence electrons. The molecule has 0 aromatic rings. The van der Waals surface area contributed by atoms with Gasteiger partial charge in [-0.25, -0.2) is 0 Å². The van der Waals surface area contributed by atoms with Crippen LogP contribution in [0.15, 0.2) is 0 Å². The third kappa shape index (κ3) is 4.21. The minimum atomic E-state index is 0.849. The van der Waals surface area contributed by atoms with Crippen LogP contribution in [0.25, 0.3) is 0 Å². The highest BCUT2D eigenvalue weighted by Gasteiger charge is 2.41. The molecule has 0 spiro atoms. The zero-order valence-corrected chi connectivity index (χ0v) is 12.9.